The van der Waals surface area contributed by atoms with Crippen molar-refractivity contribution in [3.63, 3.8) is 0 Å². The van der Waals surface area contributed by atoms with Crippen LogP contribution < -0.4 is 4.72 Å². The Labute approximate surface area is 100 Å². The third kappa shape index (κ3) is 2.95. The van der Waals surface area contributed by atoms with Crippen LogP contribution >= 0.6 is 0 Å². The number of nitrogens with zero attached hydrogens (tertiary/aromatic N) is 1. The van der Waals surface area contributed by atoms with Crippen LogP contribution in [0.5, 0.6) is 0 Å². The Kier molecular flexibility index (Phi) is 3.78. The van der Waals surface area contributed by atoms with Crippen molar-refractivity contribution < 1.29 is 22.7 Å². The number of esters is 1. The second-order valence-electron chi connectivity index (χ2n) is 4.29. The van der Waals surface area contributed by atoms with Crippen molar-refractivity contribution in [1.82, 2.24) is 9.03 Å². The molecular formula is C9H16N2O5S. The Morgan fingerprint density at radius 3 is 2.47 bits per heavy atom. The Balaban J connectivity index is 2.65. The van der Waals surface area contributed by atoms with Crippen molar-refractivity contribution in [3.05, 3.63) is 0 Å². The highest BCUT2D eigenvalue weighted by Crippen LogP contribution is 2.21. The fraction of sp³-hybridized carbons (Fsp3) is 0.778. The molecule has 1 saturated heterocycles. The molecule has 1 rings (SSSR count). The number of methoxy groups -OCH3 is 1. The minimum atomic E-state index is -3.77. The molecule has 1 aliphatic heterocycles. The van der Waals surface area contributed by atoms with Crippen LogP contribution in [0.15, 0.2) is 0 Å². The minimum Gasteiger partial charge on any atom is -0.469 e. The number of rotatable bonds is 4. The predicted molar refractivity (Wildman–Crippen MR) is 59.1 cm³/mol. The second-order valence-corrected chi connectivity index (χ2v) is 5.88. The van der Waals surface area contributed by atoms with Crippen molar-refractivity contribution in [1.29, 1.82) is 0 Å². The molecule has 98 valence electrons. The van der Waals surface area contributed by atoms with Crippen LogP contribution in [0.4, 0.5) is 0 Å². The minimum absolute atomic E-state index is 0.0211. The summed E-state index contributed by atoms with van der Waals surface area (Å²) in [6, 6.07) is 0. The molecule has 1 heterocycles. The topological polar surface area (TPSA) is 92.8 Å². The van der Waals surface area contributed by atoms with Gasteiger partial charge in [-0.15, -0.1) is 0 Å². The number of nitrogens with one attached hydrogen (secondary N) is 1. The molecule has 0 aromatic heterocycles. The van der Waals surface area contributed by atoms with E-state index in [4.69, 9.17) is 0 Å². The summed E-state index contributed by atoms with van der Waals surface area (Å²) in [5.41, 5.74) is -1.12. The van der Waals surface area contributed by atoms with E-state index in [2.05, 4.69) is 9.46 Å². The molecule has 0 unspecified atom stereocenters. The van der Waals surface area contributed by atoms with Gasteiger partial charge in [0, 0.05) is 13.0 Å². The first-order chi connectivity index (χ1) is 7.70. The summed E-state index contributed by atoms with van der Waals surface area (Å²) in [6.45, 7) is 2.97. The van der Waals surface area contributed by atoms with Gasteiger partial charge in [0.1, 0.15) is 5.54 Å². The lowest BCUT2D eigenvalue weighted by Crippen LogP contribution is -2.40. The fourth-order valence-electron chi connectivity index (χ4n) is 1.53. The highest BCUT2D eigenvalue weighted by atomic mass is 32.2. The van der Waals surface area contributed by atoms with E-state index in [-0.39, 0.29) is 19.4 Å². The summed E-state index contributed by atoms with van der Waals surface area (Å²) < 4.78 is 30.7. The molecule has 0 spiro atoms. The highest BCUT2D eigenvalue weighted by Gasteiger charge is 2.48. The van der Waals surface area contributed by atoms with Crippen molar-refractivity contribution in [2.45, 2.75) is 32.2 Å². The maximum Gasteiger partial charge on any atom is 0.305 e. The number of hydrogen-bond donors (Lipinski definition) is 1. The Bertz CT molecular complexity index is 429. The molecule has 0 radical (unpaired) electrons. The largest absolute Gasteiger partial charge is 0.469 e. The van der Waals surface area contributed by atoms with Crippen LogP contribution in [-0.2, 0) is 24.5 Å². The normalized spacial score (nSPS) is 21.6. The van der Waals surface area contributed by atoms with Gasteiger partial charge >= 0.3 is 16.2 Å². The number of carbonyl (C=O) groups is 2. The van der Waals surface area contributed by atoms with Crippen molar-refractivity contribution in [3.8, 4) is 0 Å². The number of amides is 1. The first-order valence-corrected chi connectivity index (χ1v) is 6.57. The van der Waals surface area contributed by atoms with Crippen LogP contribution in [0.1, 0.15) is 26.7 Å². The van der Waals surface area contributed by atoms with Crippen LogP contribution in [0.3, 0.4) is 0 Å². The molecule has 8 heteroatoms. The van der Waals surface area contributed by atoms with Gasteiger partial charge in [-0.05, 0) is 20.3 Å². The summed E-state index contributed by atoms with van der Waals surface area (Å²) in [7, 11) is -2.51. The third-order valence-corrected chi connectivity index (χ3v) is 4.10. The molecule has 0 saturated carbocycles. The summed E-state index contributed by atoms with van der Waals surface area (Å²) in [4.78, 5) is 22.6. The van der Waals surface area contributed by atoms with Gasteiger partial charge in [-0.1, -0.05) is 0 Å². The second kappa shape index (κ2) is 4.61. The fourth-order valence-corrected chi connectivity index (χ4v) is 3.19. The monoisotopic (exact) mass is 264 g/mol. The number of hydrogen-bond acceptors (Lipinski definition) is 5. The van der Waals surface area contributed by atoms with Crippen molar-refractivity contribution in [2.75, 3.05) is 13.7 Å². The van der Waals surface area contributed by atoms with Gasteiger partial charge in [-0.3, -0.25) is 9.59 Å². The Hall–Kier alpha value is -1.15. The van der Waals surface area contributed by atoms with E-state index in [1.165, 1.54) is 21.0 Å². The van der Waals surface area contributed by atoms with Crippen LogP contribution in [0.2, 0.25) is 0 Å². The number of carbonyl (C=O) groups excluding carboxylic acids is 2. The van der Waals surface area contributed by atoms with Gasteiger partial charge in [-0.2, -0.15) is 13.1 Å². The van der Waals surface area contributed by atoms with E-state index >= 15 is 0 Å². The molecule has 0 aromatic carbocycles. The first kappa shape index (κ1) is 13.9. The van der Waals surface area contributed by atoms with Crippen molar-refractivity contribution in [2.24, 2.45) is 0 Å². The average Bonchev–Trinajstić information content (AvgIpc) is 2.35. The average molecular weight is 264 g/mol. The highest BCUT2D eigenvalue weighted by molar-refractivity contribution is 7.88. The molecule has 1 aliphatic rings. The third-order valence-electron chi connectivity index (χ3n) is 2.41. The lowest BCUT2D eigenvalue weighted by molar-refractivity contribution is -0.141. The van der Waals surface area contributed by atoms with Gasteiger partial charge in [0.2, 0.25) is 0 Å². The lowest BCUT2D eigenvalue weighted by atomic mass is 10.1. The molecule has 0 bridgehead atoms. The summed E-state index contributed by atoms with van der Waals surface area (Å²) >= 11 is 0. The smallest absolute Gasteiger partial charge is 0.305 e. The SMILES string of the molecule is COC(=O)CCCN1C(=O)C(C)(C)NS1(=O)=O. The van der Waals surface area contributed by atoms with E-state index in [0.717, 1.165) is 4.31 Å². The van der Waals surface area contributed by atoms with Gasteiger partial charge in [-0.25, -0.2) is 4.31 Å². The predicted octanol–water partition coefficient (Wildman–Crippen LogP) is -0.605. The zero-order chi connectivity index (χ0) is 13.3. The summed E-state index contributed by atoms with van der Waals surface area (Å²) in [5, 5.41) is 0. The Morgan fingerprint density at radius 1 is 1.47 bits per heavy atom. The zero-order valence-corrected chi connectivity index (χ0v) is 10.8. The molecule has 1 fully saturated rings. The quantitative estimate of drug-likeness (QED) is 0.684. The molecule has 1 N–H and O–H groups in total. The maximum absolute atomic E-state index is 11.8. The van der Waals surface area contributed by atoms with Gasteiger partial charge < -0.3 is 4.74 Å². The van der Waals surface area contributed by atoms with E-state index < -0.39 is 27.6 Å². The van der Waals surface area contributed by atoms with E-state index in [0.29, 0.717) is 0 Å². The molecule has 0 atom stereocenters. The molecule has 0 aromatic rings. The molecule has 17 heavy (non-hydrogen) atoms. The first-order valence-electron chi connectivity index (χ1n) is 5.13. The molecular weight excluding hydrogens is 248 g/mol. The van der Waals surface area contributed by atoms with E-state index in [1.807, 2.05) is 0 Å². The lowest BCUT2D eigenvalue weighted by Gasteiger charge is -2.15. The maximum atomic E-state index is 11.8. The van der Waals surface area contributed by atoms with Crippen LogP contribution in [0.25, 0.3) is 0 Å². The molecule has 1 amide bonds. The molecule has 7 nitrogen and oxygen atoms in total. The van der Waals surface area contributed by atoms with Crippen molar-refractivity contribution >= 4 is 22.1 Å². The molecule has 0 aliphatic carbocycles. The standard InChI is InChI=1S/C9H16N2O5S/c1-9(2)8(13)11(17(14,15)10-9)6-4-5-7(12)16-3/h10H,4-6H2,1-3H3. The van der Waals surface area contributed by atoms with Gasteiger partial charge in [0.05, 0.1) is 7.11 Å². The van der Waals surface area contributed by atoms with Crippen LogP contribution in [0, 0.1) is 0 Å². The van der Waals surface area contributed by atoms with Gasteiger partial charge in [0.25, 0.3) is 5.91 Å². The van der Waals surface area contributed by atoms with Crippen LogP contribution in [-0.4, -0.2) is 43.8 Å². The van der Waals surface area contributed by atoms with E-state index in [9.17, 15) is 18.0 Å². The van der Waals surface area contributed by atoms with E-state index in [1.54, 1.807) is 0 Å². The summed E-state index contributed by atoms with van der Waals surface area (Å²) in [5.74, 6) is -0.941. The summed E-state index contributed by atoms with van der Waals surface area (Å²) in [6.07, 6.45) is 0.325. The van der Waals surface area contributed by atoms with Gasteiger partial charge in [0.15, 0.2) is 0 Å². The zero-order valence-electron chi connectivity index (χ0n) is 10.0. The Morgan fingerprint density at radius 2 is 2.06 bits per heavy atom. The number of ether oxygens (including phenoxy) is 1.